The van der Waals surface area contributed by atoms with E-state index in [1.807, 2.05) is 26.0 Å². The van der Waals surface area contributed by atoms with E-state index in [-0.39, 0.29) is 21.9 Å². The van der Waals surface area contributed by atoms with Crippen LogP contribution in [0.3, 0.4) is 0 Å². The first-order valence-corrected chi connectivity index (χ1v) is 10.1. The molecule has 4 rings (SSSR count). The van der Waals surface area contributed by atoms with Crippen molar-refractivity contribution in [3.05, 3.63) is 82.1 Å². The van der Waals surface area contributed by atoms with E-state index in [1.54, 1.807) is 24.3 Å². The van der Waals surface area contributed by atoms with Crippen LogP contribution in [-0.2, 0) is 0 Å². The van der Waals surface area contributed by atoms with Crippen LogP contribution in [0.4, 0.5) is 10.1 Å². The summed E-state index contributed by atoms with van der Waals surface area (Å²) in [6, 6.07) is 14.7. The quantitative estimate of drug-likeness (QED) is 0.371. The van der Waals surface area contributed by atoms with Crippen molar-refractivity contribution in [3.8, 4) is 11.5 Å². The Balaban J connectivity index is 1.50. The summed E-state index contributed by atoms with van der Waals surface area (Å²) in [5.41, 5.74) is 4.88. The highest BCUT2D eigenvalue weighted by Crippen LogP contribution is 2.31. The molecule has 1 aromatic heterocycles. The third kappa shape index (κ3) is 4.57. The van der Waals surface area contributed by atoms with Crippen molar-refractivity contribution in [1.29, 1.82) is 0 Å². The normalized spacial score (nSPS) is 10.8. The summed E-state index contributed by atoms with van der Waals surface area (Å²) in [7, 11) is 0. The molecule has 0 aliphatic carbocycles. The van der Waals surface area contributed by atoms with Gasteiger partial charge in [-0.15, -0.1) is 0 Å². The van der Waals surface area contributed by atoms with Crippen LogP contribution >= 0.6 is 23.8 Å². The lowest BCUT2D eigenvalue weighted by Crippen LogP contribution is -2.34. The maximum atomic E-state index is 13.3. The maximum absolute atomic E-state index is 13.3. The molecule has 3 aromatic carbocycles. The average Bonchev–Trinajstić information content (AvgIpc) is 3.12. The molecule has 0 aliphatic heterocycles. The lowest BCUT2D eigenvalue weighted by molar-refractivity contribution is 0.0977. The second-order valence-electron chi connectivity index (χ2n) is 7.03. The van der Waals surface area contributed by atoms with Gasteiger partial charge in [-0.2, -0.15) is 0 Å². The van der Waals surface area contributed by atoms with Crippen molar-refractivity contribution in [2.75, 3.05) is 5.32 Å². The smallest absolute Gasteiger partial charge is 0.257 e. The van der Waals surface area contributed by atoms with Crippen molar-refractivity contribution in [1.82, 2.24) is 10.3 Å². The van der Waals surface area contributed by atoms with Crippen LogP contribution in [0.5, 0.6) is 0 Å². The van der Waals surface area contributed by atoms with Crippen LogP contribution in [0.15, 0.2) is 59.0 Å². The van der Waals surface area contributed by atoms with E-state index < -0.39 is 5.82 Å². The molecule has 5 nitrogen and oxygen atoms in total. The Morgan fingerprint density at radius 1 is 1.06 bits per heavy atom. The number of hydrogen-bond acceptors (Lipinski definition) is 4. The number of halogens is 2. The van der Waals surface area contributed by atoms with Gasteiger partial charge in [0.1, 0.15) is 11.3 Å². The van der Waals surface area contributed by atoms with Crippen LogP contribution in [0, 0.1) is 19.7 Å². The fraction of sp³-hybridized carbons (Fsp3) is 0.0870. The van der Waals surface area contributed by atoms with Crippen molar-refractivity contribution in [2.45, 2.75) is 13.8 Å². The standard InChI is InChI=1S/C23H17ClFN3O2S/c1-12-3-4-14(9-13(12)2)21(29)28-23(31)26-16-6-8-20-19(11-16)27-22(30-20)17-7-5-15(25)10-18(17)24/h3-11H,1-2H3,(H2,26,28,29,31). The SMILES string of the molecule is Cc1ccc(C(=O)NC(=S)Nc2ccc3oc(-c4ccc(F)cc4Cl)nc3c2)cc1C. The summed E-state index contributed by atoms with van der Waals surface area (Å²) in [6.07, 6.45) is 0. The molecule has 0 unspecified atom stereocenters. The fourth-order valence-corrected chi connectivity index (χ4v) is 3.46. The van der Waals surface area contributed by atoms with Gasteiger partial charge in [0.05, 0.1) is 10.6 Å². The fourth-order valence-electron chi connectivity index (χ4n) is 3.00. The Labute approximate surface area is 188 Å². The number of oxazole rings is 1. The largest absolute Gasteiger partial charge is 0.436 e. The number of aromatic nitrogens is 1. The average molecular weight is 454 g/mol. The molecule has 1 amide bonds. The highest BCUT2D eigenvalue weighted by Gasteiger charge is 2.14. The second kappa shape index (κ2) is 8.45. The summed E-state index contributed by atoms with van der Waals surface area (Å²) < 4.78 is 19.0. The molecule has 1 heterocycles. The van der Waals surface area contributed by atoms with Crippen LogP contribution < -0.4 is 10.6 Å². The van der Waals surface area contributed by atoms with E-state index in [0.29, 0.717) is 27.9 Å². The van der Waals surface area contributed by atoms with Gasteiger partial charge >= 0.3 is 0 Å². The number of nitrogens with one attached hydrogen (secondary N) is 2. The second-order valence-corrected chi connectivity index (χ2v) is 7.85. The van der Waals surface area contributed by atoms with Gasteiger partial charge in [0, 0.05) is 11.3 Å². The minimum absolute atomic E-state index is 0.160. The van der Waals surface area contributed by atoms with Crippen molar-refractivity contribution >= 4 is 51.6 Å². The molecule has 0 aliphatic rings. The molecule has 0 saturated heterocycles. The molecule has 4 aromatic rings. The molecule has 2 N–H and O–H groups in total. The van der Waals surface area contributed by atoms with Gasteiger partial charge < -0.3 is 9.73 Å². The van der Waals surface area contributed by atoms with Gasteiger partial charge in [0.25, 0.3) is 5.91 Å². The molecular weight excluding hydrogens is 437 g/mol. The molecule has 0 radical (unpaired) electrons. The van der Waals surface area contributed by atoms with E-state index >= 15 is 0 Å². The van der Waals surface area contributed by atoms with Crippen LogP contribution in [-0.4, -0.2) is 16.0 Å². The Bertz CT molecular complexity index is 1340. The van der Waals surface area contributed by atoms with Gasteiger partial charge in [-0.05, 0) is 85.7 Å². The molecule has 0 fully saturated rings. The Morgan fingerprint density at radius 3 is 2.61 bits per heavy atom. The molecule has 8 heteroatoms. The highest BCUT2D eigenvalue weighted by molar-refractivity contribution is 7.80. The third-order valence-electron chi connectivity index (χ3n) is 4.80. The van der Waals surface area contributed by atoms with Gasteiger partial charge in [-0.3, -0.25) is 10.1 Å². The zero-order valence-electron chi connectivity index (χ0n) is 16.6. The summed E-state index contributed by atoms with van der Waals surface area (Å²) >= 11 is 11.4. The molecule has 0 atom stereocenters. The first-order valence-electron chi connectivity index (χ1n) is 9.36. The lowest BCUT2D eigenvalue weighted by atomic mass is 10.1. The van der Waals surface area contributed by atoms with E-state index in [9.17, 15) is 9.18 Å². The number of hydrogen-bond donors (Lipinski definition) is 2. The minimum Gasteiger partial charge on any atom is -0.436 e. The number of nitrogens with zero attached hydrogens (tertiary/aromatic N) is 1. The van der Waals surface area contributed by atoms with Crippen LogP contribution in [0.2, 0.25) is 5.02 Å². The zero-order chi connectivity index (χ0) is 22.1. The van der Waals surface area contributed by atoms with E-state index in [2.05, 4.69) is 15.6 Å². The molecule has 156 valence electrons. The number of anilines is 1. The van der Waals surface area contributed by atoms with E-state index in [0.717, 1.165) is 11.1 Å². The molecule has 0 spiro atoms. The molecular formula is C23H17ClFN3O2S. The number of carbonyl (C=O) groups excluding carboxylic acids is 1. The first kappa shape index (κ1) is 21.0. The van der Waals surface area contributed by atoms with Crippen molar-refractivity contribution < 1.29 is 13.6 Å². The molecule has 31 heavy (non-hydrogen) atoms. The van der Waals surface area contributed by atoms with Crippen LogP contribution in [0.1, 0.15) is 21.5 Å². The summed E-state index contributed by atoms with van der Waals surface area (Å²) in [5.74, 6) is -0.452. The van der Waals surface area contributed by atoms with Crippen molar-refractivity contribution in [3.63, 3.8) is 0 Å². The van der Waals surface area contributed by atoms with Gasteiger partial charge in [0.15, 0.2) is 10.7 Å². The van der Waals surface area contributed by atoms with E-state index in [4.69, 9.17) is 28.2 Å². The Hall–Kier alpha value is -3.29. The zero-order valence-corrected chi connectivity index (χ0v) is 18.2. The Kier molecular flexibility index (Phi) is 5.71. The minimum atomic E-state index is -0.437. The third-order valence-corrected chi connectivity index (χ3v) is 5.32. The number of aryl methyl sites for hydroxylation is 2. The summed E-state index contributed by atoms with van der Waals surface area (Å²) in [6.45, 7) is 3.93. The number of amides is 1. The predicted octanol–water partition coefficient (Wildman–Crippen LogP) is 6.03. The molecule has 0 saturated carbocycles. The number of benzene rings is 3. The van der Waals surface area contributed by atoms with E-state index in [1.165, 1.54) is 18.2 Å². The van der Waals surface area contributed by atoms with Gasteiger partial charge in [-0.1, -0.05) is 17.7 Å². The monoisotopic (exact) mass is 453 g/mol. The lowest BCUT2D eigenvalue weighted by Gasteiger charge is -2.10. The Morgan fingerprint density at radius 2 is 1.87 bits per heavy atom. The predicted molar refractivity (Wildman–Crippen MR) is 124 cm³/mol. The van der Waals surface area contributed by atoms with Gasteiger partial charge in [-0.25, -0.2) is 9.37 Å². The number of thiocarbonyl (C=S) groups is 1. The molecule has 0 bridgehead atoms. The number of rotatable bonds is 3. The van der Waals surface area contributed by atoms with Crippen LogP contribution in [0.25, 0.3) is 22.6 Å². The van der Waals surface area contributed by atoms with Gasteiger partial charge in [0.2, 0.25) is 5.89 Å². The summed E-state index contributed by atoms with van der Waals surface area (Å²) in [4.78, 5) is 16.9. The van der Waals surface area contributed by atoms with Crippen molar-refractivity contribution in [2.24, 2.45) is 0 Å². The first-order chi connectivity index (χ1) is 14.8. The number of fused-ring (bicyclic) bond motifs is 1. The maximum Gasteiger partial charge on any atom is 0.257 e. The highest BCUT2D eigenvalue weighted by atomic mass is 35.5. The summed E-state index contributed by atoms with van der Waals surface area (Å²) in [5, 5.41) is 6.01. The number of carbonyl (C=O) groups is 1. The topological polar surface area (TPSA) is 67.2 Å².